The fourth-order valence-electron chi connectivity index (χ4n) is 3.33. The van der Waals surface area contributed by atoms with Crippen LogP contribution in [0.4, 0.5) is 0 Å². The van der Waals surface area contributed by atoms with E-state index in [0.717, 1.165) is 25.7 Å². The summed E-state index contributed by atoms with van der Waals surface area (Å²) >= 11 is 0. The summed E-state index contributed by atoms with van der Waals surface area (Å²) in [6.45, 7) is 0.688. The van der Waals surface area contributed by atoms with Gasteiger partial charge in [-0.2, -0.15) is 0 Å². The van der Waals surface area contributed by atoms with Gasteiger partial charge in [-0.3, -0.25) is 4.79 Å². The highest BCUT2D eigenvalue weighted by Gasteiger charge is 2.30. The maximum Gasteiger partial charge on any atom is 0.220 e. The SMILES string of the molecule is NCC1CCCC1NC(=O)C[C@@H]1CCC[C@H]1N. The van der Waals surface area contributed by atoms with Crippen LogP contribution in [0.25, 0.3) is 0 Å². The van der Waals surface area contributed by atoms with E-state index < -0.39 is 0 Å². The van der Waals surface area contributed by atoms with Gasteiger partial charge < -0.3 is 16.8 Å². The predicted molar refractivity (Wildman–Crippen MR) is 68.3 cm³/mol. The van der Waals surface area contributed by atoms with Crippen LogP contribution in [-0.4, -0.2) is 24.5 Å². The fraction of sp³-hybridized carbons (Fsp3) is 0.923. The Labute approximate surface area is 103 Å². The second kappa shape index (κ2) is 5.83. The van der Waals surface area contributed by atoms with E-state index in [-0.39, 0.29) is 11.9 Å². The van der Waals surface area contributed by atoms with Crippen LogP contribution in [0.1, 0.15) is 44.9 Å². The predicted octanol–water partition coefficient (Wildman–Crippen LogP) is 0.748. The standard InChI is InChI=1S/C13H25N3O/c14-8-10-4-2-6-12(10)16-13(17)7-9-3-1-5-11(9)15/h9-12H,1-8,14-15H2,(H,16,17)/t9-,10?,11+,12?/m0/s1. The van der Waals surface area contributed by atoms with E-state index >= 15 is 0 Å². The van der Waals surface area contributed by atoms with Crippen LogP contribution >= 0.6 is 0 Å². The summed E-state index contributed by atoms with van der Waals surface area (Å²) in [6, 6.07) is 0.541. The van der Waals surface area contributed by atoms with Gasteiger partial charge in [-0.1, -0.05) is 12.8 Å². The van der Waals surface area contributed by atoms with Crippen molar-refractivity contribution < 1.29 is 4.79 Å². The molecule has 1 amide bonds. The van der Waals surface area contributed by atoms with Gasteiger partial charge in [0.25, 0.3) is 0 Å². The molecule has 98 valence electrons. The molecule has 2 fully saturated rings. The number of carbonyl (C=O) groups is 1. The fourth-order valence-corrected chi connectivity index (χ4v) is 3.33. The highest BCUT2D eigenvalue weighted by atomic mass is 16.1. The summed E-state index contributed by atoms with van der Waals surface area (Å²) in [5.41, 5.74) is 11.7. The van der Waals surface area contributed by atoms with Crippen LogP contribution in [0.3, 0.4) is 0 Å². The molecule has 2 saturated carbocycles. The van der Waals surface area contributed by atoms with Crippen LogP contribution in [0.2, 0.25) is 0 Å². The molecule has 2 unspecified atom stereocenters. The Bertz CT molecular complexity index is 269. The zero-order chi connectivity index (χ0) is 12.3. The molecule has 0 radical (unpaired) electrons. The summed E-state index contributed by atoms with van der Waals surface area (Å²) < 4.78 is 0. The summed E-state index contributed by atoms with van der Waals surface area (Å²) in [5, 5.41) is 3.15. The van der Waals surface area contributed by atoms with Gasteiger partial charge in [0.2, 0.25) is 5.91 Å². The van der Waals surface area contributed by atoms with Crippen LogP contribution in [0.15, 0.2) is 0 Å². The minimum absolute atomic E-state index is 0.178. The third-order valence-corrected chi connectivity index (χ3v) is 4.47. The van der Waals surface area contributed by atoms with E-state index in [1.54, 1.807) is 0 Å². The summed E-state index contributed by atoms with van der Waals surface area (Å²) in [5.74, 6) is 1.06. The van der Waals surface area contributed by atoms with Crippen molar-refractivity contribution in [3.05, 3.63) is 0 Å². The molecule has 4 atom stereocenters. The number of amides is 1. The lowest BCUT2D eigenvalue weighted by Crippen LogP contribution is -2.41. The topological polar surface area (TPSA) is 81.1 Å². The molecule has 2 rings (SSSR count). The first-order valence-corrected chi connectivity index (χ1v) is 6.95. The second-order valence-electron chi connectivity index (χ2n) is 5.66. The third-order valence-electron chi connectivity index (χ3n) is 4.47. The van der Waals surface area contributed by atoms with Crippen molar-refractivity contribution in [2.24, 2.45) is 23.3 Å². The molecule has 5 N–H and O–H groups in total. The molecule has 0 saturated heterocycles. The summed E-state index contributed by atoms with van der Waals surface area (Å²) in [7, 11) is 0. The average molecular weight is 239 g/mol. The summed E-state index contributed by atoms with van der Waals surface area (Å²) in [4.78, 5) is 12.0. The zero-order valence-corrected chi connectivity index (χ0v) is 10.5. The highest BCUT2D eigenvalue weighted by Crippen LogP contribution is 2.28. The minimum atomic E-state index is 0.178. The van der Waals surface area contributed by atoms with E-state index in [4.69, 9.17) is 11.5 Å². The quantitative estimate of drug-likeness (QED) is 0.677. The van der Waals surface area contributed by atoms with Crippen molar-refractivity contribution >= 4 is 5.91 Å². The maximum absolute atomic E-state index is 12.0. The summed E-state index contributed by atoms with van der Waals surface area (Å²) in [6.07, 6.45) is 7.40. The van der Waals surface area contributed by atoms with Crippen LogP contribution in [0, 0.1) is 11.8 Å². The average Bonchev–Trinajstić information content (AvgIpc) is 2.89. The number of rotatable bonds is 4. The molecule has 0 aromatic heterocycles. The van der Waals surface area contributed by atoms with Gasteiger partial charge in [0, 0.05) is 18.5 Å². The minimum Gasteiger partial charge on any atom is -0.353 e. The van der Waals surface area contributed by atoms with Gasteiger partial charge in [0.05, 0.1) is 0 Å². The Morgan fingerprint density at radius 1 is 1.12 bits per heavy atom. The molecule has 0 spiro atoms. The second-order valence-corrected chi connectivity index (χ2v) is 5.66. The van der Waals surface area contributed by atoms with E-state index in [1.807, 2.05) is 0 Å². The normalized spacial score (nSPS) is 37.3. The van der Waals surface area contributed by atoms with Gasteiger partial charge in [0.1, 0.15) is 0 Å². The molecule has 0 aromatic carbocycles. The molecule has 17 heavy (non-hydrogen) atoms. The van der Waals surface area contributed by atoms with Gasteiger partial charge in [-0.05, 0) is 44.1 Å². The Hall–Kier alpha value is -0.610. The first kappa shape index (κ1) is 12.8. The first-order valence-electron chi connectivity index (χ1n) is 6.95. The Morgan fingerprint density at radius 2 is 1.82 bits per heavy atom. The lowest BCUT2D eigenvalue weighted by atomic mass is 9.98. The molecule has 0 aromatic rings. The van der Waals surface area contributed by atoms with Crippen LogP contribution < -0.4 is 16.8 Å². The highest BCUT2D eigenvalue weighted by molar-refractivity contribution is 5.76. The number of nitrogens with two attached hydrogens (primary N) is 2. The molecular weight excluding hydrogens is 214 g/mol. The van der Waals surface area contributed by atoms with Crippen LogP contribution in [0.5, 0.6) is 0 Å². The lowest BCUT2D eigenvalue weighted by molar-refractivity contribution is -0.123. The van der Waals surface area contributed by atoms with Gasteiger partial charge >= 0.3 is 0 Å². The zero-order valence-electron chi connectivity index (χ0n) is 10.5. The number of hydrogen-bond donors (Lipinski definition) is 3. The van der Waals surface area contributed by atoms with E-state index in [1.165, 1.54) is 12.8 Å². The van der Waals surface area contributed by atoms with Crippen molar-refractivity contribution in [1.82, 2.24) is 5.32 Å². The van der Waals surface area contributed by atoms with E-state index in [0.29, 0.717) is 30.8 Å². The van der Waals surface area contributed by atoms with Crippen molar-refractivity contribution in [2.45, 2.75) is 57.0 Å². The first-order chi connectivity index (χ1) is 8.20. The molecule has 0 bridgehead atoms. The largest absolute Gasteiger partial charge is 0.353 e. The maximum atomic E-state index is 12.0. The Balaban J connectivity index is 1.76. The monoisotopic (exact) mass is 239 g/mol. The molecule has 0 heterocycles. The van der Waals surface area contributed by atoms with Gasteiger partial charge in [0.15, 0.2) is 0 Å². The van der Waals surface area contributed by atoms with Crippen molar-refractivity contribution in [3.63, 3.8) is 0 Å². The molecule has 2 aliphatic carbocycles. The molecule has 4 heteroatoms. The number of nitrogens with one attached hydrogen (secondary N) is 1. The number of hydrogen-bond acceptors (Lipinski definition) is 3. The molecule has 4 nitrogen and oxygen atoms in total. The van der Waals surface area contributed by atoms with Crippen molar-refractivity contribution in [2.75, 3.05) is 6.54 Å². The Kier molecular flexibility index (Phi) is 4.40. The smallest absolute Gasteiger partial charge is 0.220 e. The third kappa shape index (κ3) is 3.19. The van der Waals surface area contributed by atoms with E-state index in [2.05, 4.69) is 5.32 Å². The van der Waals surface area contributed by atoms with Crippen molar-refractivity contribution in [3.8, 4) is 0 Å². The molecule has 2 aliphatic rings. The molecular formula is C13H25N3O. The van der Waals surface area contributed by atoms with Gasteiger partial charge in [-0.15, -0.1) is 0 Å². The van der Waals surface area contributed by atoms with Gasteiger partial charge in [-0.25, -0.2) is 0 Å². The Morgan fingerprint density at radius 3 is 2.47 bits per heavy atom. The molecule has 0 aliphatic heterocycles. The number of carbonyl (C=O) groups excluding carboxylic acids is 1. The van der Waals surface area contributed by atoms with Crippen molar-refractivity contribution in [1.29, 1.82) is 0 Å². The van der Waals surface area contributed by atoms with Crippen LogP contribution in [-0.2, 0) is 4.79 Å². The lowest BCUT2D eigenvalue weighted by Gasteiger charge is -2.21. The van der Waals surface area contributed by atoms with E-state index in [9.17, 15) is 4.79 Å².